The molecule has 1 aromatic carbocycles. The monoisotopic (exact) mass is 406 g/mol. The van der Waals surface area contributed by atoms with E-state index in [0.717, 1.165) is 24.8 Å². The lowest BCUT2D eigenvalue weighted by molar-refractivity contribution is 0.0469. The number of esters is 1. The summed E-state index contributed by atoms with van der Waals surface area (Å²) in [6, 6.07) is 4.57. The fourth-order valence-electron chi connectivity index (χ4n) is 3.47. The molecular formula is C20H26N2O5S. The van der Waals surface area contributed by atoms with Crippen LogP contribution in [0.25, 0.3) is 0 Å². The molecule has 28 heavy (non-hydrogen) atoms. The van der Waals surface area contributed by atoms with Crippen LogP contribution in [-0.2, 0) is 21.4 Å². The van der Waals surface area contributed by atoms with Gasteiger partial charge in [-0.2, -0.15) is 4.31 Å². The van der Waals surface area contributed by atoms with E-state index in [-0.39, 0.29) is 23.1 Å². The number of piperidine rings is 1. The van der Waals surface area contributed by atoms with Crippen LogP contribution < -0.4 is 0 Å². The Kier molecular flexibility index (Phi) is 5.90. The zero-order valence-electron chi connectivity index (χ0n) is 16.7. The summed E-state index contributed by atoms with van der Waals surface area (Å²) in [7, 11) is -3.66. The largest absolute Gasteiger partial charge is 0.457 e. The minimum absolute atomic E-state index is 0.0274. The summed E-state index contributed by atoms with van der Waals surface area (Å²) < 4.78 is 38.1. The summed E-state index contributed by atoms with van der Waals surface area (Å²) >= 11 is 0. The van der Waals surface area contributed by atoms with Crippen molar-refractivity contribution in [3.8, 4) is 0 Å². The van der Waals surface area contributed by atoms with E-state index in [1.165, 1.54) is 10.4 Å². The second-order valence-electron chi connectivity index (χ2n) is 7.32. The molecule has 0 N–H and O–H groups in total. The lowest BCUT2D eigenvalue weighted by Gasteiger charge is -2.32. The molecule has 0 radical (unpaired) electrons. The maximum Gasteiger partial charge on any atom is 0.338 e. The van der Waals surface area contributed by atoms with Crippen molar-refractivity contribution in [1.29, 1.82) is 0 Å². The van der Waals surface area contributed by atoms with Gasteiger partial charge in [0.25, 0.3) is 0 Å². The second-order valence-corrected chi connectivity index (χ2v) is 9.21. The van der Waals surface area contributed by atoms with Crippen molar-refractivity contribution < 1.29 is 22.5 Å². The van der Waals surface area contributed by atoms with E-state index in [9.17, 15) is 13.2 Å². The molecule has 0 aliphatic carbocycles. The van der Waals surface area contributed by atoms with Crippen molar-refractivity contribution in [2.45, 2.75) is 64.5 Å². The van der Waals surface area contributed by atoms with E-state index in [4.69, 9.17) is 9.26 Å². The van der Waals surface area contributed by atoms with Crippen LogP contribution >= 0.6 is 0 Å². The van der Waals surface area contributed by atoms with Crippen LogP contribution in [0.2, 0.25) is 0 Å². The van der Waals surface area contributed by atoms with Crippen LogP contribution in [0, 0.1) is 20.8 Å². The third-order valence-corrected chi connectivity index (χ3v) is 7.32. The van der Waals surface area contributed by atoms with Gasteiger partial charge >= 0.3 is 5.97 Å². The number of benzene rings is 1. The van der Waals surface area contributed by atoms with E-state index in [1.54, 1.807) is 32.9 Å². The van der Waals surface area contributed by atoms with E-state index < -0.39 is 16.0 Å². The Labute approximate surface area is 165 Å². The van der Waals surface area contributed by atoms with E-state index in [1.807, 2.05) is 6.92 Å². The molecule has 8 heteroatoms. The van der Waals surface area contributed by atoms with Crippen LogP contribution in [0.4, 0.5) is 0 Å². The van der Waals surface area contributed by atoms with Crippen molar-refractivity contribution in [2.24, 2.45) is 0 Å². The molecule has 0 amide bonds. The average Bonchev–Trinajstić information content (AvgIpc) is 2.98. The third kappa shape index (κ3) is 3.98. The van der Waals surface area contributed by atoms with Gasteiger partial charge in [-0.15, -0.1) is 0 Å². The van der Waals surface area contributed by atoms with Crippen molar-refractivity contribution >= 4 is 16.0 Å². The average molecular weight is 407 g/mol. The number of hydrogen-bond acceptors (Lipinski definition) is 6. The Morgan fingerprint density at radius 1 is 1.29 bits per heavy atom. The highest BCUT2D eigenvalue weighted by Crippen LogP contribution is 2.27. The number of rotatable bonds is 5. The van der Waals surface area contributed by atoms with E-state index >= 15 is 0 Å². The zero-order valence-corrected chi connectivity index (χ0v) is 17.5. The minimum atomic E-state index is -3.66. The van der Waals surface area contributed by atoms with Crippen molar-refractivity contribution in [3.63, 3.8) is 0 Å². The summed E-state index contributed by atoms with van der Waals surface area (Å²) in [5.74, 6) is 0.0266. The third-order valence-electron chi connectivity index (χ3n) is 5.31. The molecule has 1 fully saturated rings. The highest BCUT2D eigenvalue weighted by Gasteiger charge is 2.31. The number of aryl methyl sites for hydroxylation is 3. The number of aromatic nitrogens is 1. The summed E-state index contributed by atoms with van der Waals surface area (Å²) in [6.45, 7) is 7.73. The van der Waals surface area contributed by atoms with Crippen LogP contribution in [-0.4, -0.2) is 36.4 Å². The summed E-state index contributed by atoms with van der Waals surface area (Å²) in [6.07, 6.45) is 2.72. The number of ether oxygens (including phenoxy) is 1. The molecule has 2 heterocycles. The van der Waals surface area contributed by atoms with Gasteiger partial charge in [0.05, 0.1) is 21.7 Å². The van der Waals surface area contributed by atoms with Gasteiger partial charge in [-0.25, -0.2) is 13.2 Å². The van der Waals surface area contributed by atoms with Gasteiger partial charge in [0.1, 0.15) is 12.4 Å². The van der Waals surface area contributed by atoms with Gasteiger partial charge in [-0.3, -0.25) is 0 Å². The first kappa shape index (κ1) is 20.5. The van der Waals surface area contributed by atoms with Gasteiger partial charge in [-0.1, -0.05) is 17.6 Å². The smallest absolute Gasteiger partial charge is 0.338 e. The molecule has 7 nitrogen and oxygen atoms in total. The van der Waals surface area contributed by atoms with Gasteiger partial charge in [-0.05, 0) is 58.2 Å². The molecule has 0 saturated carbocycles. The van der Waals surface area contributed by atoms with Crippen molar-refractivity contribution in [2.75, 3.05) is 6.54 Å². The van der Waals surface area contributed by atoms with E-state index in [0.29, 0.717) is 23.6 Å². The predicted octanol–water partition coefficient (Wildman–Crippen LogP) is 3.52. The molecule has 1 aromatic heterocycles. The Morgan fingerprint density at radius 2 is 2.04 bits per heavy atom. The Bertz CT molecular complexity index is 961. The van der Waals surface area contributed by atoms with Crippen molar-refractivity contribution in [3.05, 3.63) is 46.3 Å². The first-order valence-corrected chi connectivity index (χ1v) is 10.9. The molecule has 1 unspecified atom stereocenters. The number of hydrogen-bond donors (Lipinski definition) is 0. The lowest BCUT2D eigenvalue weighted by Crippen LogP contribution is -2.41. The first-order valence-electron chi connectivity index (χ1n) is 9.43. The zero-order chi connectivity index (χ0) is 20.5. The number of nitrogens with zero attached hydrogens (tertiary/aromatic N) is 2. The highest BCUT2D eigenvalue weighted by atomic mass is 32.2. The molecule has 1 atom stereocenters. The highest BCUT2D eigenvalue weighted by molar-refractivity contribution is 7.89. The van der Waals surface area contributed by atoms with Crippen LogP contribution in [0.1, 0.15) is 59.1 Å². The van der Waals surface area contributed by atoms with Crippen LogP contribution in [0.3, 0.4) is 0 Å². The fourth-order valence-corrected chi connectivity index (χ4v) is 5.20. The number of carbonyl (C=O) groups excluding carboxylic acids is 1. The molecule has 3 rings (SSSR count). The summed E-state index contributed by atoms with van der Waals surface area (Å²) in [4.78, 5) is 12.7. The van der Waals surface area contributed by atoms with Crippen molar-refractivity contribution in [1.82, 2.24) is 9.46 Å². The normalized spacial score (nSPS) is 18.2. The number of carbonyl (C=O) groups is 1. The van der Waals surface area contributed by atoms with E-state index in [2.05, 4.69) is 5.16 Å². The maximum atomic E-state index is 13.1. The van der Waals surface area contributed by atoms with Crippen LogP contribution in [0.5, 0.6) is 0 Å². The number of sulfonamides is 1. The Morgan fingerprint density at radius 3 is 2.68 bits per heavy atom. The first-order chi connectivity index (χ1) is 13.2. The summed E-state index contributed by atoms with van der Waals surface area (Å²) in [5, 5.41) is 3.84. The van der Waals surface area contributed by atoms with Gasteiger partial charge in [0.15, 0.2) is 0 Å². The maximum absolute atomic E-state index is 13.1. The lowest BCUT2D eigenvalue weighted by atomic mass is 10.1. The topological polar surface area (TPSA) is 89.7 Å². The molecule has 152 valence electrons. The fraction of sp³-hybridized carbons (Fsp3) is 0.500. The van der Waals surface area contributed by atoms with Gasteiger partial charge < -0.3 is 9.26 Å². The second kappa shape index (κ2) is 8.05. The Balaban J connectivity index is 1.83. The quantitative estimate of drug-likeness (QED) is 0.706. The standard InChI is InChI=1S/C20H26N2O5S/c1-13-8-9-17(28(24,25)22-10-6-5-7-14(22)2)11-18(13)20(23)26-12-19-15(3)21-27-16(19)4/h8-9,11,14H,5-7,10,12H2,1-4H3. The van der Waals surface area contributed by atoms with Crippen LogP contribution in [0.15, 0.2) is 27.6 Å². The SMILES string of the molecule is Cc1ccc(S(=O)(=O)N2CCCCC2C)cc1C(=O)OCc1c(C)noc1C. The summed E-state index contributed by atoms with van der Waals surface area (Å²) in [5.41, 5.74) is 2.29. The molecule has 0 bridgehead atoms. The molecule has 1 saturated heterocycles. The minimum Gasteiger partial charge on any atom is -0.457 e. The Hall–Kier alpha value is -2.19. The molecular weight excluding hydrogens is 380 g/mol. The van der Waals surface area contributed by atoms with Gasteiger partial charge in [0, 0.05) is 12.6 Å². The molecule has 0 spiro atoms. The predicted molar refractivity (Wildman–Crippen MR) is 103 cm³/mol. The van der Waals surface area contributed by atoms with Gasteiger partial charge in [0.2, 0.25) is 10.0 Å². The molecule has 1 aliphatic rings. The molecule has 1 aliphatic heterocycles. The molecule has 2 aromatic rings.